The maximum absolute atomic E-state index is 12.8. The second-order valence-corrected chi connectivity index (χ2v) is 8.57. The number of benzene rings is 1. The minimum absolute atomic E-state index is 0.170. The van der Waals surface area contributed by atoms with Gasteiger partial charge in [0.05, 0.1) is 29.9 Å². The molecule has 0 spiro atoms. The Morgan fingerprint density at radius 2 is 2.03 bits per heavy atom. The zero-order valence-corrected chi connectivity index (χ0v) is 18.8. The summed E-state index contributed by atoms with van der Waals surface area (Å²) in [6, 6.07) is 8.41. The predicted molar refractivity (Wildman–Crippen MR) is 124 cm³/mol. The Labute approximate surface area is 191 Å². The summed E-state index contributed by atoms with van der Waals surface area (Å²) in [6.07, 6.45) is 7.46. The molecule has 1 unspecified atom stereocenters. The molecule has 9 heteroatoms. The third-order valence-corrected chi connectivity index (χ3v) is 6.14. The van der Waals surface area contributed by atoms with Gasteiger partial charge < -0.3 is 14.8 Å². The normalized spacial score (nSPS) is 14.9. The van der Waals surface area contributed by atoms with E-state index in [2.05, 4.69) is 43.5 Å². The highest BCUT2D eigenvalue weighted by Crippen LogP contribution is 2.20. The van der Waals surface area contributed by atoms with E-state index in [0.717, 1.165) is 36.5 Å². The highest BCUT2D eigenvalue weighted by molar-refractivity contribution is 5.94. The van der Waals surface area contributed by atoms with Crippen LogP contribution in [-0.2, 0) is 20.0 Å². The van der Waals surface area contributed by atoms with Crippen molar-refractivity contribution in [3.8, 4) is 11.3 Å². The molecule has 0 bridgehead atoms. The highest BCUT2D eigenvalue weighted by atomic mass is 16.3. The molecule has 0 radical (unpaired) electrons. The van der Waals surface area contributed by atoms with Crippen LogP contribution in [0.15, 0.2) is 49.1 Å². The first-order valence-electron chi connectivity index (χ1n) is 11.1. The maximum atomic E-state index is 12.8. The van der Waals surface area contributed by atoms with Crippen LogP contribution in [0.3, 0.4) is 0 Å². The molecule has 4 heterocycles. The van der Waals surface area contributed by atoms with E-state index >= 15 is 0 Å². The molecule has 3 aromatic heterocycles. The molecular weight excluding hydrogens is 418 g/mol. The van der Waals surface area contributed by atoms with Gasteiger partial charge in [-0.25, -0.2) is 4.98 Å². The van der Waals surface area contributed by atoms with E-state index in [4.69, 9.17) is 0 Å². The van der Waals surface area contributed by atoms with Gasteiger partial charge in [-0.05, 0) is 24.5 Å². The summed E-state index contributed by atoms with van der Waals surface area (Å²) < 4.78 is 3.57. The van der Waals surface area contributed by atoms with Gasteiger partial charge in [-0.1, -0.05) is 24.3 Å². The lowest BCUT2D eigenvalue weighted by Crippen LogP contribution is -2.42. The molecular formula is C24H27N7O2. The molecule has 1 aromatic carbocycles. The molecule has 0 saturated carbocycles. The summed E-state index contributed by atoms with van der Waals surface area (Å²) in [5.41, 5.74) is 5.97. The van der Waals surface area contributed by atoms with Crippen LogP contribution in [0.2, 0.25) is 0 Å². The van der Waals surface area contributed by atoms with E-state index in [0.29, 0.717) is 17.9 Å². The van der Waals surface area contributed by atoms with Gasteiger partial charge in [-0.3, -0.25) is 19.4 Å². The van der Waals surface area contributed by atoms with Crippen molar-refractivity contribution in [2.24, 2.45) is 7.05 Å². The van der Waals surface area contributed by atoms with Crippen molar-refractivity contribution in [2.75, 3.05) is 19.6 Å². The van der Waals surface area contributed by atoms with Gasteiger partial charge in [-0.15, -0.1) is 0 Å². The third kappa shape index (κ3) is 4.37. The highest BCUT2D eigenvalue weighted by Gasteiger charge is 2.21. The SMILES string of the molecule is Cc1c(C(=O)NCC(O)CN2CCc3ccccc3C2)nc2cnc(-c3cnn(C)c3)cn12. The number of aliphatic hydroxyl groups excluding tert-OH is 1. The first-order chi connectivity index (χ1) is 16.0. The molecule has 1 amide bonds. The van der Waals surface area contributed by atoms with Crippen LogP contribution >= 0.6 is 0 Å². The number of imidazole rings is 1. The molecule has 0 fully saturated rings. The molecule has 33 heavy (non-hydrogen) atoms. The minimum atomic E-state index is -0.657. The monoisotopic (exact) mass is 445 g/mol. The van der Waals surface area contributed by atoms with Crippen molar-refractivity contribution in [1.82, 2.24) is 34.4 Å². The van der Waals surface area contributed by atoms with Gasteiger partial charge in [0.25, 0.3) is 5.91 Å². The van der Waals surface area contributed by atoms with Crippen molar-refractivity contribution in [2.45, 2.75) is 26.0 Å². The van der Waals surface area contributed by atoms with E-state index in [-0.39, 0.29) is 12.5 Å². The van der Waals surface area contributed by atoms with E-state index < -0.39 is 6.10 Å². The summed E-state index contributed by atoms with van der Waals surface area (Å²) in [7, 11) is 1.85. The number of aromatic nitrogens is 5. The average molecular weight is 446 g/mol. The van der Waals surface area contributed by atoms with Gasteiger partial charge in [0.2, 0.25) is 0 Å². The number of β-amino-alcohol motifs (C(OH)–C–C–N with tert-alkyl or cyclic N) is 1. The number of nitrogens with zero attached hydrogens (tertiary/aromatic N) is 6. The Morgan fingerprint density at radius 1 is 1.21 bits per heavy atom. The number of aryl methyl sites for hydroxylation is 2. The molecule has 0 saturated heterocycles. The summed E-state index contributed by atoms with van der Waals surface area (Å²) in [6.45, 7) is 4.25. The lowest BCUT2D eigenvalue weighted by atomic mass is 10.00. The second-order valence-electron chi connectivity index (χ2n) is 8.57. The summed E-state index contributed by atoms with van der Waals surface area (Å²) in [5.74, 6) is -0.304. The molecule has 0 aliphatic carbocycles. The Kier molecular flexibility index (Phi) is 5.65. The summed E-state index contributed by atoms with van der Waals surface area (Å²) >= 11 is 0. The Bertz CT molecular complexity index is 1310. The van der Waals surface area contributed by atoms with Crippen LogP contribution in [0.4, 0.5) is 0 Å². The van der Waals surface area contributed by atoms with Crippen molar-refractivity contribution in [3.63, 3.8) is 0 Å². The van der Waals surface area contributed by atoms with E-state index in [1.165, 1.54) is 11.1 Å². The average Bonchev–Trinajstić information content (AvgIpc) is 3.40. The molecule has 5 rings (SSSR count). The topological polar surface area (TPSA) is 101 Å². The van der Waals surface area contributed by atoms with Crippen molar-refractivity contribution in [3.05, 3.63) is 71.6 Å². The van der Waals surface area contributed by atoms with Crippen molar-refractivity contribution >= 4 is 11.6 Å². The summed E-state index contributed by atoms with van der Waals surface area (Å²) in [4.78, 5) is 23.9. The number of hydrogen-bond acceptors (Lipinski definition) is 6. The van der Waals surface area contributed by atoms with Gasteiger partial charge in [0.1, 0.15) is 5.69 Å². The standard InChI is InChI=1S/C24H27N7O2/c1-16-23(28-22-11-25-21(15-31(16)22)19-9-27-29(2)12-19)24(33)26-10-20(32)14-30-8-7-17-5-3-4-6-18(17)13-30/h3-6,9,11-12,15,20,32H,7-8,10,13-14H2,1-2H3,(H,26,33). The Morgan fingerprint density at radius 3 is 2.82 bits per heavy atom. The van der Waals surface area contributed by atoms with Crippen LogP contribution in [-0.4, -0.2) is 65.8 Å². The van der Waals surface area contributed by atoms with Gasteiger partial charge in [0.15, 0.2) is 5.65 Å². The maximum Gasteiger partial charge on any atom is 0.271 e. The predicted octanol–water partition coefficient (Wildman–Crippen LogP) is 1.59. The fourth-order valence-corrected chi connectivity index (χ4v) is 4.36. The minimum Gasteiger partial charge on any atom is -0.390 e. The summed E-state index contributed by atoms with van der Waals surface area (Å²) in [5, 5.41) is 17.5. The molecule has 170 valence electrons. The number of nitrogens with one attached hydrogen (secondary N) is 1. The number of rotatable bonds is 6. The number of carbonyl (C=O) groups is 1. The molecule has 2 N–H and O–H groups in total. The number of hydrogen-bond donors (Lipinski definition) is 2. The Balaban J connectivity index is 1.22. The fourth-order valence-electron chi connectivity index (χ4n) is 4.36. The smallest absolute Gasteiger partial charge is 0.271 e. The van der Waals surface area contributed by atoms with Gasteiger partial charge >= 0.3 is 0 Å². The molecule has 9 nitrogen and oxygen atoms in total. The van der Waals surface area contributed by atoms with Crippen LogP contribution in [0.25, 0.3) is 16.9 Å². The van der Waals surface area contributed by atoms with E-state index in [1.807, 2.05) is 36.8 Å². The first-order valence-corrected chi connectivity index (χ1v) is 11.1. The molecule has 1 aliphatic heterocycles. The van der Waals surface area contributed by atoms with Crippen molar-refractivity contribution in [1.29, 1.82) is 0 Å². The number of amides is 1. The fraction of sp³-hybridized carbons (Fsp3) is 0.333. The van der Waals surface area contributed by atoms with Crippen LogP contribution < -0.4 is 5.32 Å². The second kappa shape index (κ2) is 8.76. The third-order valence-electron chi connectivity index (χ3n) is 6.14. The van der Waals surface area contributed by atoms with Gasteiger partial charge in [-0.2, -0.15) is 5.10 Å². The van der Waals surface area contributed by atoms with E-state index in [1.54, 1.807) is 17.1 Å². The van der Waals surface area contributed by atoms with Gasteiger partial charge in [0, 0.05) is 51.2 Å². The molecule has 1 atom stereocenters. The largest absolute Gasteiger partial charge is 0.390 e. The zero-order valence-electron chi connectivity index (χ0n) is 18.8. The lowest BCUT2D eigenvalue weighted by Gasteiger charge is -2.30. The molecule has 1 aliphatic rings. The molecule has 4 aromatic rings. The Hall–Kier alpha value is -3.56. The number of fused-ring (bicyclic) bond motifs is 2. The number of aliphatic hydroxyl groups is 1. The van der Waals surface area contributed by atoms with Crippen LogP contribution in [0.1, 0.15) is 27.3 Å². The van der Waals surface area contributed by atoms with Crippen LogP contribution in [0, 0.1) is 6.92 Å². The lowest BCUT2D eigenvalue weighted by molar-refractivity contribution is 0.0838. The van der Waals surface area contributed by atoms with Crippen LogP contribution in [0.5, 0.6) is 0 Å². The zero-order chi connectivity index (χ0) is 22.9. The number of carbonyl (C=O) groups excluding carboxylic acids is 1. The quantitative estimate of drug-likeness (QED) is 0.468. The van der Waals surface area contributed by atoms with Crippen molar-refractivity contribution < 1.29 is 9.90 Å². The van der Waals surface area contributed by atoms with E-state index in [9.17, 15) is 9.90 Å². The first kappa shape index (κ1) is 21.3.